The summed E-state index contributed by atoms with van der Waals surface area (Å²) in [5.41, 5.74) is 7.91. The van der Waals surface area contributed by atoms with Crippen molar-refractivity contribution in [1.29, 1.82) is 0 Å². The fourth-order valence-corrected chi connectivity index (χ4v) is 1.95. The Kier molecular flexibility index (Phi) is 3.29. The molecule has 2 N–H and O–H groups in total. The lowest BCUT2D eigenvalue weighted by atomic mass is 10.2. The molecule has 2 aromatic rings. The quantitative estimate of drug-likeness (QED) is 0.855. The normalized spacial score (nSPS) is 10.4. The van der Waals surface area contributed by atoms with Crippen LogP contribution in [0.1, 0.15) is 17.0 Å². The first kappa shape index (κ1) is 12.5. The Balaban J connectivity index is 2.47. The summed E-state index contributed by atoms with van der Waals surface area (Å²) < 4.78 is 7.44. The van der Waals surface area contributed by atoms with Crippen molar-refractivity contribution in [3.05, 3.63) is 35.3 Å². The lowest BCUT2D eigenvalue weighted by Crippen LogP contribution is -2.11. The number of aromatic nitrogens is 3. The van der Waals surface area contributed by atoms with Gasteiger partial charge < -0.3 is 10.5 Å². The van der Waals surface area contributed by atoms with Crippen LogP contribution in [0.2, 0.25) is 0 Å². The van der Waals surface area contributed by atoms with Crippen LogP contribution in [0.25, 0.3) is 0 Å². The first-order chi connectivity index (χ1) is 8.50. The number of hydrogen-bond donors (Lipinski definition) is 1. The van der Waals surface area contributed by atoms with E-state index in [1.165, 1.54) is 0 Å². The van der Waals surface area contributed by atoms with Crippen LogP contribution in [0.5, 0.6) is 11.6 Å². The zero-order valence-electron chi connectivity index (χ0n) is 10.5. The number of aryl methyl sites for hydroxylation is 3. The molecule has 0 radical (unpaired) electrons. The molecule has 0 unspecified atom stereocenters. The zero-order chi connectivity index (χ0) is 13.3. The zero-order valence-corrected chi connectivity index (χ0v) is 11.3. The molecular formula is C12H14N4OS. The molecule has 0 bridgehead atoms. The van der Waals surface area contributed by atoms with E-state index in [-0.39, 0.29) is 4.99 Å². The molecule has 0 aliphatic heterocycles. The second-order valence-corrected chi connectivity index (χ2v) is 4.38. The van der Waals surface area contributed by atoms with Crippen molar-refractivity contribution in [3.63, 3.8) is 0 Å². The van der Waals surface area contributed by atoms with Gasteiger partial charge in [0.25, 0.3) is 0 Å². The van der Waals surface area contributed by atoms with E-state index < -0.39 is 0 Å². The fourth-order valence-electron chi connectivity index (χ4n) is 1.72. The van der Waals surface area contributed by atoms with E-state index in [1.807, 2.05) is 26.0 Å². The highest BCUT2D eigenvalue weighted by molar-refractivity contribution is 7.80. The summed E-state index contributed by atoms with van der Waals surface area (Å²) >= 11 is 5.03. The monoisotopic (exact) mass is 262 g/mol. The average molecular weight is 262 g/mol. The Morgan fingerprint density at radius 2 is 2.11 bits per heavy atom. The topological polar surface area (TPSA) is 66.0 Å². The summed E-state index contributed by atoms with van der Waals surface area (Å²) in [6, 6.07) is 3.65. The molecule has 2 rings (SSSR count). The number of hydrogen-bond acceptors (Lipinski definition) is 4. The van der Waals surface area contributed by atoms with Crippen molar-refractivity contribution in [1.82, 2.24) is 14.8 Å². The van der Waals surface area contributed by atoms with Gasteiger partial charge in [0.15, 0.2) is 5.75 Å². The van der Waals surface area contributed by atoms with Crippen LogP contribution in [-0.2, 0) is 7.05 Å². The smallest absolute Gasteiger partial charge is 0.228 e. The Bertz CT molecular complexity index is 606. The van der Waals surface area contributed by atoms with E-state index in [1.54, 1.807) is 17.9 Å². The van der Waals surface area contributed by atoms with Crippen LogP contribution >= 0.6 is 12.2 Å². The van der Waals surface area contributed by atoms with E-state index in [0.717, 1.165) is 11.4 Å². The third-order valence-electron chi connectivity index (χ3n) is 2.58. The standard InChI is InChI=1S/C12H14N4OS/c1-7-9(5-4-6-14-7)17-12-10(11(13)18)8(2)15-16(12)3/h4-6H,1-3H3,(H2,13,18). The van der Waals surface area contributed by atoms with Gasteiger partial charge in [0.05, 0.1) is 17.0 Å². The maximum Gasteiger partial charge on any atom is 0.228 e. The van der Waals surface area contributed by atoms with Crippen LogP contribution in [0, 0.1) is 13.8 Å². The number of nitrogens with two attached hydrogens (primary N) is 1. The van der Waals surface area contributed by atoms with E-state index in [4.69, 9.17) is 22.7 Å². The van der Waals surface area contributed by atoms with Crippen molar-refractivity contribution < 1.29 is 4.74 Å². The minimum Gasteiger partial charge on any atom is -0.437 e. The molecule has 5 nitrogen and oxygen atoms in total. The molecule has 0 atom stereocenters. The summed E-state index contributed by atoms with van der Waals surface area (Å²) in [7, 11) is 1.79. The van der Waals surface area contributed by atoms with Crippen LogP contribution in [0.3, 0.4) is 0 Å². The molecule has 2 heterocycles. The molecule has 0 amide bonds. The maximum absolute atomic E-state index is 5.82. The summed E-state index contributed by atoms with van der Waals surface area (Å²) in [5.74, 6) is 1.20. The summed E-state index contributed by atoms with van der Waals surface area (Å²) in [4.78, 5) is 4.44. The summed E-state index contributed by atoms with van der Waals surface area (Å²) in [6.45, 7) is 3.72. The van der Waals surface area contributed by atoms with Crippen molar-refractivity contribution in [2.45, 2.75) is 13.8 Å². The van der Waals surface area contributed by atoms with E-state index >= 15 is 0 Å². The average Bonchev–Trinajstić information content (AvgIpc) is 2.57. The van der Waals surface area contributed by atoms with Crippen molar-refractivity contribution >= 4 is 17.2 Å². The number of rotatable bonds is 3. The van der Waals surface area contributed by atoms with Crippen LogP contribution in [0.15, 0.2) is 18.3 Å². The van der Waals surface area contributed by atoms with Gasteiger partial charge in [-0.05, 0) is 26.0 Å². The van der Waals surface area contributed by atoms with Gasteiger partial charge >= 0.3 is 0 Å². The first-order valence-corrected chi connectivity index (χ1v) is 5.84. The molecule has 0 fully saturated rings. The van der Waals surface area contributed by atoms with Gasteiger partial charge in [0, 0.05) is 13.2 Å². The van der Waals surface area contributed by atoms with Gasteiger partial charge in [-0.2, -0.15) is 5.10 Å². The molecule has 94 valence electrons. The minimum absolute atomic E-state index is 0.275. The molecule has 0 saturated carbocycles. The highest BCUT2D eigenvalue weighted by Gasteiger charge is 2.18. The lowest BCUT2D eigenvalue weighted by molar-refractivity contribution is 0.425. The van der Waals surface area contributed by atoms with Crippen LogP contribution in [0.4, 0.5) is 0 Å². The Morgan fingerprint density at radius 1 is 1.39 bits per heavy atom. The largest absolute Gasteiger partial charge is 0.437 e. The SMILES string of the molecule is Cc1ncccc1Oc1c(C(N)=S)c(C)nn1C. The Labute approximate surface area is 111 Å². The molecular weight excluding hydrogens is 248 g/mol. The molecule has 0 aromatic carbocycles. The highest BCUT2D eigenvalue weighted by atomic mass is 32.1. The number of thiocarbonyl (C=S) groups is 1. The number of ether oxygens (including phenoxy) is 1. The van der Waals surface area contributed by atoms with Crippen molar-refractivity contribution in [2.24, 2.45) is 12.8 Å². The summed E-state index contributed by atoms with van der Waals surface area (Å²) in [5, 5.41) is 4.26. The predicted molar refractivity (Wildman–Crippen MR) is 72.9 cm³/mol. The van der Waals surface area contributed by atoms with Gasteiger partial charge in [-0.3, -0.25) is 4.98 Å². The molecule has 2 aromatic heterocycles. The van der Waals surface area contributed by atoms with Gasteiger partial charge in [-0.1, -0.05) is 12.2 Å². The summed E-state index contributed by atoms with van der Waals surface area (Å²) in [6.07, 6.45) is 1.71. The van der Waals surface area contributed by atoms with Crippen LogP contribution in [-0.4, -0.2) is 19.8 Å². The van der Waals surface area contributed by atoms with Gasteiger partial charge in [0.1, 0.15) is 4.99 Å². The number of pyridine rings is 1. The highest BCUT2D eigenvalue weighted by Crippen LogP contribution is 2.28. The van der Waals surface area contributed by atoms with Gasteiger partial charge in [-0.25, -0.2) is 4.68 Å². The number of nitrogens with zero attached hydrogens (tertiary/aromatic N) is 3. The molecule has 0 saturated heterocycles. The first-order valence-electron chi connectivity index (χ1n) is 5.43. The second kappa shape index (κ2) is 4.73. The molecule has 18 heavy (non-hydrogen) atoms. The van der Waals surface area contributed by atoms with Crippen molar-refractivity contribution in [3.8, 4) is 11.6 Å². The second-order valence-electron chi connectivity index (χ2n) is 3.94. The van der Waals surface area contributed by atoms with E-state index in [0.29, 0.717) is 17.2 Å². The Morgan fingerprint density at radius 3 is 2.72 bits per heavy atom. The molecule has 0 spiro atoms. The van der Waals surface area contributed by atoms with Crippen molar-refractivity contribution in [2.75, 3.05) is 0 Å². The molecule has 0 aliphatic carbocycles. The van der Waals surface area contributed by atoms with Crippen LogP contribution < -0.4 is 10.5 Å². The fraction of sp³-hybridized carbons (Fsp3) is 0.250. The van der Waals surface area contributed by atoms with E-state index in [9.17, 15) is 0 Å². The lowest BCUT2D eigenvalue weighted by Gasteiger charge is -2.09. The van der Waals surface area contributed by atoms with Gasteiger partial charge in [-0.15, -0.1) is 0 Å². The molecule has 6 heteroatoms. The minimum atomic E-state index is 0.275. The third-order valence-corrected chi connectivity index (χ3v) is 2.79. The maximum atomic E-state index is 5.82. The van der Waals surface area contributed by atoms with E-state index in [2.05, 4.69) is 10.1 Å². The predicted octanol–water partition coefficient (Wildman–Crippen LogP) is 1.86. The molecule has 0 aliphatic rings. The van der Waals surface area contributed by atoms with Gasteiger partial charge in [0.2, 0.25) is 5.88 Å². The Hall–Kier alpha value is -1.95. The third kappa shape index (κ3) is 2.19.